The normalized spacial score (nSPS) is 19.3. The third-order valence-electron chi connectivity index (χ3n) is 6.11. The number of hydrogen-bond donors (Lipinski definition) is 0. The van der Waals surface area contributed by atoms with E-state index in [0.29, 0.717) is 17.0 Å². The topological polar surface area (TPSA) is 59.1 Å². The van der Waals surface area contributed by atoms with E-state index in [-0.39, 0.29) is 36.7 Å². The van der Waals surface area contributed by atoms with Gasteiger partial charge in [0, 0.05) is 12.0 Å². The van der Waals surface area contributed by atoms with Crippen LogP contribution in [-0.4, -0.2) is 41.8 Å². The Kier molecular flexibility index (Phi) is 6.03. The van der Waals surface area contributed by atoms with Gasteiger partial charge in [0.1, 0.15) is 29.5 Å². The third-order valence-corrected chi connectivity index (χ3v) is 6.11. The number of fused-ring (bicyclic) bond motifs is 3. The van der Waals surface area contributed by atoms with Crippen molar-refractivity contribution in [3.63, 3.8) is 0 Å². The second-order valence-corrected chi connectivity index (χ2v) is 8.54. The van der Waals surface area contributed by atoms with E-state index in [9.17, 15) is 27.2 Å². The Balaban J connectivity index is 1.45. The van der Waals surface area contributed by atoms with Crippen LogP contribution in [0.2, 0.25) is 0 Å². The van der Waals surface area contributed by atoms with Gasteiger partial charge in [-0.1, -0.05) is 24.3 Å². The summed E-state index contributed by atoms with van der Waals surface area (Å²) >= 11 is 0. The van der Waals surface area contributed by atoms with Crippen LogP contribution in [0.5, 0.6) is 11.5 Å². The minimum atomic E-state index is -4.81. The molecule has 10 heteroatoms. The fourth-order valence-electron chi connectivity index (χ4n) is 4.50. The lowest BCUT2D eigenvalue weighted by molar-refractivity contribution is -0.274. The zero-order chi connectivity index (χ0) is 25.4. The highest BCUT2D eigenvalue weighted by molar-refractivity contribution is 6.03. The average Bonchev–Trinajstić information content (AvgIpc) is 3.27. The third kappa shape index (κ3) is 4.84. The Morgan fingerprint density at radius 3 is 2.39 bits per heavy atom. The number of halogens is 4. The van der Waals surface area contributed by atoms with E-state index in [1.54, 1.807) is 24.3 Å². The first-order chi connectivity index (χ1) is 17.2. The van der Waals surface area contributed by atoms with Crippen molar-refractivity contribution in [3.8, 4) is 11.5 Å². The number of likely N-dealkylation sites (tertiary alicyclic amines) is 1. The monoisotopic (exact) mass is 500 g/mol. The summed E-state index contributed by atoms with van der Waals surface area (Å²) in [6.45, 7) is 0.212. The number of rotatable bonds is 4. The van der Waals surface area contributed by atoms with Crippen LogP contribution in [0.25, 0.3) is 0 Å². The van der Waals surface area contributed by atoms with E-state index in [1.807, 2.05) is 0 Å². The van der Waals surface area contributed by atoms with Crippen molar-refractivity contribution in [2.45, 2.75) is 31.5 Å². The summed E-state index contributed by atoms with van der Waals surface area (Å²) in [5.41, 5.74) is 1.29. The largest absolute Gasteiger partial charge is 0.573 e. The zero-order valence-electron chi connectivity index (χ0n) is 18.7. The van der Waals surface area contributed by atoms with Crippen molar-refractivity contribution in [2.24, 2.45) is 0 Å². The lowest BCUT2D eigenvalue weighted by Crippen LogP contribution is -2.47. The summed E-state index contributed by atoms with van der Waals surface area (Å²) in [6, 6.07) is 16.4. The van der Waals surface area contributed by atoms with Gasteiger partial charge in [-0.05, 0) is 54.1 Å². The number of para-hydroxylation sites is 2. The predicted octanol–water partition coefficient (Wildman–Crippen LogP) is 4.93. The highest BCUT2D eigenvalue weighted by Crippen LogP contribution is 2.37. The van der Waals surface area contributed by atoms with Gasteiger partial charge in [0.05, 0.1) is 18.8 Å². The summed E-state index contributed by atoms with van der Waals surface area (Å²) in [4.78, 5) is 29.9. The predicted molar refractivity (Wildman–Crippen MR) is 121 cm³/mol. The number of benzene rings is 3. The molecule has 186 valence electrons. The highest BCUT2D eigenvalue weighted by atomic mass is 19.4. The molecule has 3 aromatic rings. The Morgan fingerprint density at radius 2 is 1.69 bits per heavy atom. The van der Waals surface area contributed by atoms with E-state index >= 15 is 0 Å². The van der Waals surface area contributed by atoms with E-state index < -0.39 is 30.2 Å². The van der Waals surface area contributed by atoms with Crippen molar-refractivity contribution in [1.82, 2.24) is 4.90 Å². The molecule has 0 radical (unpaired) electrons. The van der Waals surface area contributed by atoms with Crippen LogP contribution in [0.15, 0.2) is 72.8 Å². The van der Waals surface area contributed by atoms with Crippen molar-refractivity contribution >= 4 is 17.5 Å². The summed E-state index contributed by atoms with van der Waals surface area (Å²) < 4.78 is 61.0. The second-order valence-electron chi connectivity index (χ2n) is 8.54. The standard InChI is InChI=1S/C26H20F4N2O4/c27-18-9-7-17(8-10-18)24(33)32-15-20-13-22(32)25(34)31(21-3-1-2-4-23(21)35-20)14-16-5-11-19(12-6-16)36-26(28,29)30/h1-12,20,22H,13-15H2/t20-,22-/m0/s1. The molecule has 0 saturated carbocycles. The lowest BCUT2D eigenvalue weighted by Gasteiger charge is -2.32. The molecule has 2 aliphatic rings. The first-order valence-corrected chi connectivity index (χ1v) is 11.2. The highest BCUT2D eigenvalue weighted by Gasteiger charge is 2.45. The molecule has 3 aromatic carbocycles. The zero-order valence-corrected chi connectivity index (χ0v) is 18.7. The summed E-state index contributed by atoms with van der Waals surface area (Å²) in [6.07, 6.45) is -4.95. The van der Waals surface area contributed by atoms with Gasteiger partial charge in [-0.15, -0.1) is 13.2 Å². The molecule has 1 fully saturated rings. The van der Waals surface area contributed by atoms with Crippen LogP contribution in [0.3, 0.4) is 0 Å². The number of anilines is 1. The minimum absolute atomic E-state index is 0.0330. The molecule has 0 aliphatic carbocycles. The van der Waals surface area contributed by atoms with Crippen LogP contribution in [-0.2, 0) is 11.3 Å². The lowest BCUT2D eigenvalue weighted by atomic mass is 10.1. The van der Waals surface area contributed by atoms with Gasteiger partial charge < -0.3 is 19.3 Å². The number of hydrogen-bond acceptors (Lipinski definition) is 4. The van der Waals surface area contributed by atoms with Crippen molar-refractivity contribution in [3.05, 3.63) is 89.7 Å². The van der Waals surface area contributed by atoms with Gasteiger partial charge in [0.2, 0.25) is 5.91 Å². The van der Waals surface area contributed by atoms with Crippen molar-refractivity contribution in [2.75, 3.05) is 11.4 Å². The molecule has 2 aliphatic heterocycles. The number of amides is 2. The Morgan fingerprint density at radius 1 is 1.00 bits per heavy atom. The van der Waals surface area contributed by atoms with Gasteiger partial charge in [-0.25, -0.2) is 4.39 Å². The summed E-state index contributed by atoms with van der Waals surface area (Å²) in [5, 5.41) is 0. The second kappa shape index (κ2) is 9.18. The molecule has 2 bridgehead atoms. The number of carbonyl (C=O) groups is 2. The number of alkyl halides is 3. The quantitative estimate of drug-likeness (QED) is 0.477. The van der Waals surface area contributed by atoms with Crippen LogP contribution in [0.4, 0.5) is 23.2 Å². The summed E-state index contributed by atoms with van der Waals surface area (Å²) in [5.74, 6) is -1.16. The molecule has 2 amide bonds. The maximum atomic E-state index is 13.8. The Bertz CT molecular complexity index is 1280. The van der Waals surface area contributed by atoms with Gasteiger partial charge in [-0.3, -0.25) is 9.59 Å². The molecular weight excluding hydrogens is 480 g/mol. The maximum Gasteiger partial charge on any atom is 0.573 e. The molecule has 0 unspecified atom stereocenters. The first kappa shape index (κ1) is 23.7. The average molecular weight is 500 g/mol. The molecule has 0 aromatic heterocycles. The molecule has 5 rings (SSSR count). The smallest absolute Gasteiger partial charge is 0.486 e. The first-order valence-electron chi connectivity index (χ1n) is 11.2. The van der Waals surface area contributed by atoms with Crippen molar-refractivity contribution < 1.29 is 36.6 Å². The van der Waals surface area contributed by atoms with Gasteiger partial charge in [0.25, 0.3) is 5.91 Å². The van der Waals surface area contributed by atoms with E-state index in [0.717, 1.165) is 0 Å². The minimum Gasteiger partial charge on any atom is -0.486 e. The van der Waals surface area contributed by atoms with Crippen LogP contribution < -0.4 is 14.4 Å². The maximum absolute atomic E-state index is 13.8. The molecule has 2 heterocycles. The van der Waals surface area contributed by atoms with Crippen LogP contribution >= 0.6 is 0 Å². The fourth-order valence-corrected chi connectivity index (χ4v) is 4.50. The Hall–Kier alpha value is -4.08. The molecule has 0 spiro atoms. The van der Waals surface area contributed by atoms with E-state index in [2.05, 4.69) is 4.74 Å². The molecule has 1 saturated heterocycles. The van der Waals surface area contributed by atoms with E-state index in [4.69, 9.17) is 4.74 Å². The fraction of sp³-hybridized carbons (Fsp3) is 0.231. The number of carbonyl (C=O) groups excluding carboxylic acids is 2. The van der Waals surface area contributed by atoms with Crippen LogP contribution in [0, 0.1) is 5.82 Å². The summed E-state index contributed by atoms with van der Waals surface area (Å²) in [7, 11) is 0. The molecule has 0 N–H and O–H groups in total. The Labute approximate surface area is 203 Å². The number of nitrogens with zero attached hydrogens (tertiary/aromatic N) is 2. The molecular formula is C26H20F4N2O4. The van der Waals surface area contributed by atoms with Crippen molar-refractivity contribution in [1.29, 1.82) is 0 Å². The molecule has 36 heavy (non-hydrogen) atoms. The van der Waals surface area contributed by atoms with Gasteiger partial charge >= 0.3 is 6.36 Å². The number of ether oxygens (including phenoxy) is 2. The van der Waals surface area contributed by atoms with Crippen LogP contribution in [0.1, 0.15) is 22.3 Å². The van der Waals surface area contributed by atoms with Gasteiger partial charge in [-0.2, -0.15) is 0 Å². The SMILES string of the molecule is O=C1[C@@H]2C[C@@H](CN2C(=O)c2ccc(F)cc2)Oc2ccccc2N1Cc1ccc(OC(F)(F)F)cc1. The molecule has 6 nitrogen and oxygen atoms in total. The molecule has 2 atom stereocenters. The van der Waals surface area contributed by atoms with E-state index in [1.165, 1.54) is 58.3 Å². The van der Waals surface area contributed by atoms with Gasteiger partial charge in [0.15, 0.2) is 0 Å².